The van der Waals surface area contributed by atoms with Gasteiger partial charge in [-0.15, -0.1) is 10.2 Å². The van der Waals surface area contributed by atoms with Crippen molar-refractivity contribution in [3.8, 4) is 0 Å². The van der Waals surface area contributed by atoms with Gasteiger partial charge in [-0.25, -0.2) is 4.79 Å². The van der Waals surface area contributed by atoms with Gasteiger partial charge in [0.2, 0.25) is 0 Å². The molecule has 2 aromatic rings. The lowest BCUT2D eigenvalue weighted by molar-refractivity contribution is -0.144. The van der Waals surface area contributed by atoms with Crippen LogP contribution in [0.2, 0.25) is 0 Å². The number of aliphatic carboxylic acids is 1. The molecular weight excluding hydrogens is 292 g/mol. The maximum Gasteiger partial charge on any atom is 0.329 e. The van der Waals surface area contributed by atoms with Crippen LogP contribution in [-0.2, 0) is 4.79 Å². The van der Waals surface area contributed by atoms with Gasteiger partial charge in [0.05, 0.1) is 5.56 Å². The Kier molecular flexibility index (Phi) is 3.54. The van der Waals surface area contributed by atoms with Crippen molar-refractivity contribution in [2.75, 3.05) is 11.5 Å². The van der Waals surface area contributed by atoms with Crippen LogP contribution in [0.1, 0.15) is 23.2 Å². The molecule has 0 radical (unpaired) electrons. The first kappa shape index (κ1) is 13.9. The average molecular weight is 306 g/mol. The Morgan fingerprint density at radius 3 is 2.81 bits per heavy atom. The quantitative estimate of drug-likeness (QED) is 0.871. The number of amides is 1. The smallest absolute Gasteiger partial charge is 0.329 e. The van der Waals surface area contributed by atoms with Crippen molar-refractivity contribution in [2.24, 2.45) is 0 Å². The van der Waals surface area contributed by atoms with E-state index in [1.54, 1.807) is 34.5 Å². The molecule has 0 atom stereocenters. The summed E-state index contributed by atoms with van der Waals surface area (Å²) >= 11 is 1.71. The highest BCUT2D eigenvalue weighted by atomic mass is 32.2. The second kappa shape index (κ2) is 5.36. The van der Waals surface area contributed by atoms with E-state index in [2.05, 4.69) is 15.5 Å². The van der Waals surface area contributed by atoms with Crippen molar-refractivity contribution in [3.63, 3.8) is 0 Å². The lowest BCUT2D eigenvalue weighted by Crippen LogP contribution is -2.56. The van der Waals surface area contributed by atoms with Gasteiger partial charge in [-0.05, 0) is 36.5 Å². The molecule has 8 heteroatoms. The average Bonchev–Trinajstić information content (AvgIpc) is 2.95. The Morgan fingerprint density at radius 1 is 1.33 bits per heavy atom. The van der Waals surface area contributed by atoms with Crippen LogP contribution in [0.4, 0.5) is 0 Å². The lowest BCUT2D eigenvalue weighted by atomic mass is 9.92. The van der Waals surface area contributed by atoms with Crippen molar-refractivity contribution in [1.82, 2.24) is 19.9 Å². The van der Waals surface area contributed by atoms with E-state index in [0.29, 0.717) is 24.1 Å². The second-order valence-corrected chi connectivity index (χ2v) is 6.19. The molecule has 3 heterocycles. The number of thioether (sulfide) groups is 1. The van der Waals surface area contributed by atoms with E-state index in [0.717, 1.165) is 11.5 Å². The highest BCUT2D eigenvalue weighted by Crippen LogP contribution is 2.27. The molecule has 3 rings (SSSR count). The van der Waals surface area contributed by atoms with E-state index in [9.17, 15) is 14.7 Å². The first-order valence-electron chi connectivity index (χ1n) is 6.54. The number of nitrogens with one attached hydrogen (secondary N) is 1. The van der Waals surface area contributed by atoms with E-state index in [-0.39, 0.29) is 5.91 Å². The standard InChI is InChI=1S/C13H14N4O3S/c18-11(9-1-2-10-16-14-8-17(10)7-9)15-13(12(19)20)3-5-21-6-4-13/h1-2,7-8H,3-6H2,(H,15,18)(H,19,20). The molecule has 1 aliphatic heterocycles. The summed E-state index contributed by atoms with van der Waals surface area (Å²) in [4.78, 5) is 23.9. The molecule has 21 heavy (non-hydrogen) atoms. The minimum Gasteiger partial charge on any atom is -0.480 e. The van der Waals surface area contributed by atoms with Crippen LogP contribution in [0, 0.1) is 0 Å². The van der Waals surface area contributed by atoms with E-state index in [4.69, 9.17) is 0 Å². The van der Waals surface area contributed by atoms with Gasteiger partial charge in [0.15, 0.2) is 5.65 Å². The summed E-state index contributed by atoms with van der Waals surface area (Å²) < 4.78 is 1.62. The van der Waals surface area contributed by atoms with E-state index < -0.39 is 11.5 Å². The van der Waals surface area contributed by atoms with Crippen LogP contribution in [0.3, 0.4) is 0 Å². The maximum atomic E-state index is 12.4. The fraction of sp³-hybridized carbons (Fsp3) is 0.385. The molecule has 1 saturated heterocycles. The van der Waals surface area contributed by atoms with E-state index in [1.807, 2.05) is 0 Å². The van der Waals surface area contributed by atoms with Gasteiger partial charge in [0.1, 0.15) is 11.9 Å². The third kappa shape index (κ3) is 2.58. The van der Waals surface area contributed by atoms with Gasteiger partial charge in [-0.2, -0.15) is 11.8 Å². The Bertz CT molecular complexity index is 694. The zero-order valence-corrected chi connectivity index (χ0v) is 12.0. The molecule has 0 bridgehead atoms. The summed E-state index contributed by atoms with van der Waals surface area (Å²) in [5.41, 5.74) is -0.139. The highest BCUT2D eigenvalue weighted by molar-refractivity contribution is 7.99. The summed E-state index contributed by atoms with van der Waals surface area (Å²) in [6.07, 6.45) is 3.97. The van der Waals surface area contributed by atoms with Crippen LogP contribution in [-0.4, -0.2) is 48.6 Å². The topological polar surface area (TPSA) is 96.6 Å². The van der Waals surface area contributed by atoms with Gasteiger partial charge in [0, 0.05) is 6.20 Å². The van der Waals surface area contributed by atoms with Crippen LogP contribution >= 0.6 is 11.8 Å². The molecule has 0 unspecified atom stereocenters. The van der Waals surface area contributed by atoms with Gasteiger partial charge < -0.3 is 10.4 Å². The largest absolute Gasteiger partial charge is 0.480 e. The van der Waals surface area contributed by atoms with Crippen molar-refractivity contribution in [3.05, 3.63) is 30.2 Å². The fourth-order valence-electron chi connectivity index (χ4n) is 2.36. The minimum absolute atomic E-state index is 0.389. The highest BCUT2D eigenvalue weighted by Gasteiger charge is 2.41. The molecule has 2 aromatic heterocycles. The molecule has 0 saturated carbocycles. The molecule has 110 valence electrons. The SMILES string of the molecule is O=C(NC1(C(=O)O)CCSCC1)c1ccc2nncn2c1. The normalized spacial score (nSPS) is 17.5. The van der Waals surface area contributed by atoms with Gasteiger partial charge in [0.25, 0.3) is 5.91 Å². The molecule has 1 fully saturated rings. The van der Waals surface area contributed by atoms with Crippen LogP contribution < -0.4 is 5.32 Å². The van der Waals surface area contributed by atoms with E-state index >= 15 is 0 Å². The first-order chi connectivity index (χ1) is 10.1. The maximum absolute atomic E-state index is 12.4. The van der Waals surface area contributed by atoms with Crippen molar-refractivity contribution >= 4 is 29.3 Å². The second-order valence-electron chi connectivity index (χ2n) is 4.97. The number of rotatable bonds is 3. The fourth-order valence-corrected chi connectivity index (χ4v) is 3.55. The van der Waals surface area contributed by atoms with Crippen LogP contribution in [0.15, 0.2) is 24.7 Å². The Labute approximate surface area is 124 Å². The third-order valence-corrected chi connectivity index (χ3v) is 4.65. The summed E-state index contributed by atoms with van der Waals surface area (Å²) in [5, 5.41) is 19.8. The van der Waals surface area contributed by atoms with Crippen LogP contribution in [0.5, 0.6) is 0 Å². The number of carbonyl (C=O) groups excluding carboxylic acids is 1. The molecule has 1 aliphatic rings. The number of aromatic nitrogens is 3. The molecule has 7 nitrogen and oxygen atoms in total. The summed E-state index contributed by atoms with van der Waals surface area (Å²) in [6.45, 7) is 0. The summed E-state index contributed by atoms with van der Waals surface area (Å²) in [5.74, 6) is 0.107. The number of hydrogen-bond acceptors (Lipinski definition) is 5. The zero-order chi connectivity index (χ0) is 14.9. The van der Waals surface area contributed by atoms with Gasteiger partial charge in [-0.3, -0.25) is 9.20 Å². The third-order valence-electron chi connectivity index (χ3n) is 3.66. The predicted molar refractivity (Wildman–Crippen MR) is 77.4 cm³/mol. The van der Waals surface area contributed by atoms with Gasteiger partial charge in [-0.1, -0.05) is 0 Å². The first-order valence-corrected chi connectivity index (χ1v) is 7.69. The number of carbonyl (C=O) groups is 2. The molecular formula is C13H14N4O3S. The molecule has 0 aromatic carbocycles. The minimum atomic E-state index is -1.16. The van der Waals surface area contributed by atoms with Crippen molar-refractivity contribution < 1.29 is 14.7 Å². The summed E-state index contributed by atoms with van der Waals surface area (Å²) in [7, 11) is 0. The zero-order valence-electron chi connectivity index (χ0n) is 11.2. The molecule has 2 N–H and O–H groups in total. The Balaban J connectivity index is 1.85. The van der Waals surface area contributed by atoms with Crippen molar-refractivity contribution in [1.29, 1.82) is 0 Å². The lowest BCUT2D eigenvalue weighted by Gasteiger charge is -2.33. The number of pyridine rings is 1. The molecule has 0 aliphatic carbocycles. The number of carboxylic acids is 1. The molecule has 1 amide bonds. The Hall–Kier alpha value is -2.09. The van der Waals surface area contributed by atoms with Crippen molar-refractivity contribution in [2.45, 2.75) is 18.4 Å². The van der Waals surface area contributed by atoms with Crippen LogP contribution in [0.25, 0.3) is 5.65 Å². The number of nitrogens with zero attached hydrogens (tertiary/aromatic N) is 3. The number of hydrogen-bond donors (Lipinski definition) is 2. The predicted octanol–water partition coefficient (Wildman–Crippen LogP) is 0.809. The summed E-state index contributed by atoms with van der Waals surface area (Å²) in [6, 6.07) is 3.29. The Morgan fingerprint density at radius 2 is 2.10 bits per heavy atom. The monoisotopic (exact) mass is 306 g/mol. The number of carboxylic acid groups (broad SMARTS) is 1. The number of fused-ring (bicyclic) bond motifs is 1. The molecule has 0 spiro atoms. The van der Waals surface area contributed by atoms with Gasteiger partial charge >= 0.3 is 5.97 Å². The van der Waals surface area contributed by atoms with E-state index in [1.165, 1.54) is 6.33 Å².